The molecule has 0 bridgehead atoms. The highest BCUT2D eigenvalue weighted by molar-refractivity contribution is 6.30. The zero-order chi connectivity index (χ0) is 16.1. The van der Waals surface area contributed by atoms with Gasteiger partial charge in [0.05, 0.1) is 6.04 Å². The Morgan fingerprint density at radius 1 is 1.23 bits per heavy atom. The Bertz CT molecular complexity index is 542. The molecule has 1 aliphatic rings. The summed E-state index contributed by atoms with van der Waals surface area (Å²) < 4.78 is 0. The molecule has 1 fully saturated rings. The van der Waals surface area contributed by atoms with Gasteiger partial charge in [0.2, 0.25) is 5.91 Å². The Hall–Kier alpha value is -1.59. The Labute approximate surface area is 136 Å². The molecule has 1 heterocycles. The van der Waals surface area contributed by atoms with Gasteiger partial charge in [-0.1, -0.05) is 31.0 Å². The van der Waals surface area contributed by atoms with Crippen LogP contribution in [0, 0.1) is 0 Å². The van der Waals surface area contributed by atoms with Crippen molar-refractivity contribution in [1.29, 1.82) is 0 Å². The minimum Gasteiger partial charge on any atom is -0.338 e. The highest BCUT2D eigenvalue weighted by Crippen LogP contribution is 2.14. The number of carbonyl (C=O) groups is 2. The quantitative estimate of drug-likeness (QED) is 0.918. The van der Waals surface area contributed by atoms with Gasteiger partial charge in [-0.25, -0.2) is 0 Å². The number of rotatable bonds is 4. The molecule has 1 aliphatic heterocycles. The average molecular weight is 324 g/mol. The summed E-state index contributed by atoms with van der Waals surface area (Å²) in [6.07, 6.45) is 1.58. The van der Waals surface area contributed by atoms with Crippen molar-refractivity contribution in [3.8, 4) is 0 Å². The van der Waals surface area contributed by atoms with E-state index in [2.05, 4.69) is 0 Å². The van der Waals surface area contributed by atoms with E-state index >= 15 is 0 Å². The summed E-state index contributed by atoms with van der Waals surface area (Å²) in [7, 11) is 0. The van der Waals surface area contributed by atoms with Crippen molar-refractivity contribution < 1.29 is 9.59 Å². The Kier molecular flexibility index (Phi) is 5.80. The van der Waals surface area contributed by atoms with Crippen LogP contribution in [0.1, 0.15) is 30.1 Å². The molecular weight excluding hydrogens is 302 g/mol. The van der Waals surface area contributed by atoms with Crippen molar-refractivity contribution >= 4 is 23.4 Å². The summed E-state index contributed by atoms with van der Waals surface area (Å²) >= 11 is 5.92. The van der Waals surface area contributed by atoms with Crippen molar-refractivity contribution in [1.82, 2.24) is 9.80 Å². The third-order valence-electron chi connectivity index (χ3n) is 3.87. The SMILES string of the molecule is CCCC(N)C(=O)N1CCN(C(=O)c2cccc(Cl)c2)CC1. The van der Waals surface area contributed by atoms with Gasteiger partial charge in [-0.3, -0.25) is 9.59 Å². The van der Waals surface area contributed by atoms with E-state index in [9.17, 15) is 9.59 Å². The Morgan fingerprint density at radius 2 is 1.86 bits per heavy atom. The molecule has 0 aromatic heterocycles. The van der Waals surface area contributed by atoms with Crippen LogP contribution in [0.25, 0.3) is 0 Å². The predicted molar refractivity (Wildman–Crippen MR) is 86.8 cm³/mol. The number of hydrogen-bond donors (Lipinski definition) is 1. The maximum Gasteiger partial charge on any atom is 0.254 e. The molecule has 0 spiro atoms. The van der Waals surface area contributed by atoms with Gasteiger partial charge in [-0.05, 0) is 24.6 Å². The molecule has 0 saturated carbocycles. The zero-order valence-electron chi connectivity index (χ0n) is 12.8. The lowest BCUT2D eigenvalue weighted by atomic mass is 10.1. The van der Waals surface area contributed by atoms with Gasteiger partial charge >= 0.3 is 0 Å². The van der Waals surface area contributed by atoms with Crippen LogP contribution >= 0.6 is 11.6 Å². The fraction of sp³-hybridized carbons (Fsp3) is 0.500. The lowest BCUT2D eigenvalue weighted by Crippen LogP contribution is -2.54. The monoisotopic (exact) mass is 323 g/mol. The average Bonchev–Trinajstić information content (AvgIpc) is 2.54. The number of benzene rings is 1. The van der Waals surface area contributed by atoms with Crippen LogP contribution in [-0.2, 0) is 4.79 Å². The lowest BCUT2D eigenvalue weighted by molar-refractivity contribution is -0.134. The van der Waals surface area contributed by atoms with E-state index in [4.69, 9.17) is 17.3 Å². The van der Waals surface area contributed by atoms with Crippen molar-refractivity contribution in [3.63, 3.8) is 0 Å². The molecule has 120 valence electrons. The minimum atomic E-state index is -0.430. The van der Waals surface area contributed by atoms with Crippen LogP contribution in [0.15, 0.2) is 24.3 Å². The smallest absolute Gasteiger partial charge is 0.254 e. The molecule has 1 atom stereocenters. The Morgan fingerprint density at radius 3 is 2.45 bits per heavy atom. The molecule has 1 unspecified atom stereocenters. The van der Waals surface area contributed by atoms with E-state index in [1.165, 1.54) is 0 Å². The van der Waals surface area contributed by atoms with Crippen molar-refractivity contribution in [2.24, 2.45) is 5.73 Å². The van der Waals surface area contributed by atoms with E-state index < -0.39 is 6.04 Å². The van der Waals surface area contributed by atoms with Gasteiger partial charge in [0, 0.05) is 36.8 Å². The van der Waals surface area contributed by atoms with E-state index in [1.54, 1.807) is 34.1 Å². The number of piperazine rings is 1. The lowest BCUT2D eigenvalue weighted by Gasteiger charge is -2.36. The first-order valence-corrected chi connectivity index (χ1v) is 8.00. The fourth-order valence-electron chi connectivity index (χ4n) is 2.60. The van der Waals surface area contributed by atoms with E-state index in [1.807, 2.05) is 6.92 Å². The zero-order valence-corrected chi connectivity index (χ0v) is 13.6. The van der Waals surface area contributed by atoms with Crippen molar-refractivity contribution in [3.05, 3.63) is 34.9 Å². The number of hydrogen-bond acceptors (Lipinski definition) is 3. The first-order chi connectivity index (χ1) is 10.5. The van der Waals surface area contributed by atoms with Crippen LogP contribution < -0.4 is 5.73 Å². The summed E-state index contributed by atoms with van der Waals surface area (Å²) in [6.45, 7) is 4.12. The second kappa shape index (κ2) is 7.61. The molecule has 0 aliphatic carbocycles. The highest BCUT2D eigenvalue weighted by atomic mass is 35.5. The largest absolute Gasteiger partial charge is 0.338 e. The van der Waals surface area contributed by atoms with Gasteiger partial charge < -0.3 is 15.5 Å². The molecule has 22 heavy (non-hydrogen) atoms. The van der Waals surface area contributed by atoms with Crippen LogP contribution in [0.4, 0.5) is 0 Å². The molecule has 1 saturated heterocycles. The molecule has 2 amide bonds. The van der Waals surface area contributed by atoms with E-state index in [0.29, 0.717) is 43.2 Å². The molecule has 1 aromatic rings. The van der Waals surface area contributed by atoms with Gasteiger partial charge in [0.1, 0.15) is 0 Å². The van der Waals surface area contributed by atoms with Gasteiger partial charge in [0.25, 0.3) is 5.91 Å². The third-order valence-corrected chi connectivity index (χ3v) is 4.10. The third kappa shape index (κ3) is 3.99. The van der Waals surface area contributed by atoms with Gasteiger partial charge in [-0.2, -0.15) is 0 Å². The number of halogens is 1. The van der Waals surface area contributed by atoms with Gasteiger partial charge in [0.15, 0.2) is 0 Å². The summed E-state index contributed by atoms with van der Waals surface area (Å²) in [5, 5.41) is 0.546. The first kappa shape index (κ1) is 16.8. The number of amides is 2. The fourth-order valence-corrected chi connectivity index (χ4v) is 2.79. The second-order valence-corrected chi connectivity index (χ2v) is 5.96. The normalized spacial score (nSPS) is 16.5. The standard InChI is InChI=1S/C16H22ClN3O2/c1-2-4-14(18)16(22)20-9-7-19(8-10-20)15(21)12-5-3-6-13(17)11-12/h3,5-6,11,14H,2,4,7-10,18H2,1H3. The molecule has 2 N–H and O–H groups in total. The van der Waals surface area contributed by atoms with E-state index in [0.717, 1.165) is 6.42 Å². The molecule has 1 aromatic carbocycles. The van der Waals surface area contributed by atoms with Crippen molar-refractivity contribution in [2.45, 2.75) is 25.8 Å². The Balaban J connectivity index is 1.92. The van der Waals surface area contributed by atoms with Crippen LogP contribution in [0.5, 0.6) is 0 Å². The molecule has 0 radical (unpaired) electrons. The predicted octanol–water partition coefficient (Wildman–Crippen LogP) is 1.75. The summed E-state index contributed by atoms with van der Waals surface area (Å²) in [5.74, 6) is -0.0656. The number of carbonyl (C=O) groups excluding carboxylic acids is 2. The number of nitrogens with two attached hydrogens (primary N) is 1. The molecule has 5 nitrogen and oxygen atoms in total. The molecule has 2 rings (SSSR count). The molecular formula is C16H22ClN3O2. The maximum atomic E-state index is 12.4. The summed E-state index contributed by atoms with van der Waals surface area (Å²) in [5.41, 5.74) is 6.45. The highest BCUT2D eigenvalue weighted by Gasteiger charge is 2.27. The topological polar surface area (TPSA) is 66.6 Å². The van der Waals surface area contributed by atoms with Crippen LogP contribution in [0.2, 0.25) is 5.02 Å². The minimum absolute atomic E-state index is 0.0169. The van der Waals surface area contributed by atoms with Crippen molar-refractivity contribution in [2.75, 3.05) is 26.2 Å². The summed E-state index contributed by atoms with van der Waals surface area (Å²) in [4.78, 5) is 28.1. The van der Waals surface area contributed by atoms with E-state index in [-0.39, 0.29) is 11.8 Å². The summed E-state index contributed by atoms with van der Waals surface area (Å²) in [6, 6.07) is 6.49. The second-order valence-electron chi connectivity index (χ2n) is 5.52. The maximum absolute atomic E-state index is 12.4. The first-order valence-electron chi connectivity index (χ1n) is 7.62. The molecule has 6 heteroatoms. The number of nitrogens with zero attached hydrogens (tertiary/aromatic N) is 2. The van der Waals surface area contributed by atoms with Crippen LogP contribution in [0.3, 0.4) is 0 Å². The van der Waals surface area contributed by atoms with Gasteiger partial charge in [-0.15, -0.1) is 0 Å². The van der Waals surface area contributed by atoms with Crippen LogP contribution in [-0.4, -0.2) is 53.8 Å².